The molecule has 0 saturated carbocycles. The van der Waals surface area contributed by atoms with Gasteiger partial charge in [0.2, 0.25) is 11.7 Å². The molecule has 3 heterocycles. The van der Waals surface area contributed by atoms with E-state index in [4.69, 9.17) is 4.74 Å². The van der Waals surface area contributed by atoms with Gasteiger partial charge in [0.25, 0.3) is 11.8 Å². The molecule has 0 atom stereocenters. The summed E-state index contributed by atoms with van der Waals surface area (Å²) in [6.07, 6.45) is 1.06. The zero-order chi connectivity index (χ0) is 22.2. The maximum Gasteiger partial charge on any atom is 0.290 e. The second-order valence-corrected chi connectivity index (χ2v) is 7.85. The third kappa shape index (κ3) is 3.50. The molecular weight excluding hydrogens is 410 g/mol. The lowest BCUT2D eigenvalue weighted by atomic mass is 10.0. The van der Waals surface area contributed by atoms with E-state index in [9.17, 15) is 14.4 Å². The quantitative estimate of drug-likeness (QED) is 0.655. The molecule has 0 aliphatic carbocycles. The predicted octanol–water partition coefficient (Wildman–Crippen LogP) is 1.74. The zero-order valence-electron chi connectivity index (χ0n) is 17.7. The number of aromatic nitrogens is 2. The van der Waals surface area contributed by atoms with Gasteiger partial charge >= 0.3 is 0 Å². The number of carbonyl (C=O) groups is 3. The van der Waals surface area contributed by atoms with Gasteiger partial charge < -0.3 is 20.3 Å². The average molecular weight is 433 g/mol. The van der Waals surface area contributed by atoms with Gasteiger partial charge in [0, 0.05) is 43.5 Å². The van der Waals surface area contributed by atoms with Crippen LogP contribution < -0.4 is 10.6 Å². The number of imidazole rings is 1. The molecule has 0 spiro atoms. The summed E-state index contributed by atoms with van der Waals surface area (Å²) in [5.74, 6) is -0.108. The highest BCUT2D eigenvalue weighted by molar-refractivity contribution is 6.00. The smallest absolute Gasteiger partial charge is 0.290 e. The molecule has 9 heteroatoms. The predicted molar refractivity (Wildman–Crippen MR) is 118 cm³/mol. The van der Waals surface area contributed by atoms with Crippen LogP contribution >= 0.6 is 0 Å². The molecular formula is C23H23N5O4. The topological polar surface area (TPSA) is 106 Å². The molecule has 0 radical (unpaired) electrons. The van der Waals surface area contributed by atoms with Crippen molar-refractivity contribution in [2.45, 2.75) is 12.8 Å². The lowest BCUT2D eigenvalue weighted by molar-refractivity contribution is -0.116. The Morgan fingerprint density at radius 3 is 2.69 bits per heavy atom. The molecule has 0 bridgehead atoms. The molecule has 32 heavy (non-hydrogen) atoms. The van der Waals surface area contributed by atoms with E-state index in [0.717, 1.165) is 22.5 Å². The number of fused-ring (bicyclic) bond motifs is 2. The summed E-state index contributed by atoms with van der Waals surface area (Å²) < 4.78 is 7.22. The fourth-order valence-corrected chi connectivity index (χ4v) is 4.19. The van der Waals surface area contributed by atoms with Crippen molar-refractivity contribution in [2.24, 2.45) is 0 Å². The number of benzene rings is 2. The van der Waals surface area contributed by atoms with E-state index in [1.807, 2.05) is 28.8 Å². The van der Waals surface area contributed by atoms with Crippen LogP contribution in [0.4, 0.5) is 5.69 Å². The summed E-state index contributed by atoms with van der Waals surface area (Å²) in [6, 6.07) is 10.9. The number of nitrogens with zero attached hydrogens (tertiary/aromatic N) is 3. The van der Waals surface area contributed by atoms with Crippen LogP contribution in [0, 0.1) is 0 Å². The van der Waals surface area contributed by atoms with Gasteiger partial charge in [-0.2, -0.15) is 0 Å². The van der Waals surface area contributed by atoms with Gasteiger partial charge in [-0.25, -0.2) is 4.98 Å². The third-order valence-corrected chi connectivity index (χ3v) is 5.88. The van der Waals surface area contributed by atoms with E-state index in [-0.39, 0.29) is 23.5 Å². The minimum Gasteiger partial charge on any atom is -0.378 e. The van der Waals surface area contributed by atoms with Crippen molar-refractivity contribution in [3.63, 3.8) is 0 Å². The van der Waals surface area contributed by atoms with Crippen molar-refractivity contribution < 1.29 is 19.1 Å². The van der Waals surface area contributed by atoms with Crippen LogP contribution in [0.2, 0.25) is 0 Å². The minimum absolute atomic E-state index is 0.00300. The molecule has 9 nitrogen and oxygen atoms in total. The van der Waals surface area contributed by atoms with E-state index in [2.05, 4.69) is 15.6 Å². The Kier molecular flexibility index (Phi) is 5.10. The Balaban J connectivity index is 1.66. The number of rotatable bonds is 3. The van der Waals surface area contributed by atoms with E-state index in [1.165, 1.54) is 0 Å². The van der Waals surface area contributed by atoms with Crippen LogP contribution in [-0.4, -0.2) is 65.5 Å². The van der Waals surface area contributed by atoms with Gasteiger partial charge in [-0.3, -0.25) is 19.0 Å². The molecule has 2 aliphatic heterocycles. The first-order chi connectivity index (χ1) is 15.5. The molecule has 1 saturated heterocycles. The van der Waals surface area contributed by atoms with Crippen molar-refractivity contribution in [1.29, 1.82) is 0 Å². The molecule has 2 aromatic carbocycles. The number of aryl methyl sites for hydroxylation is 1. The fourth-order valence-electron chi connectivity index (χ4n) is 4.19. The summed E-state index contributed by atoms with van der Waals surface area (Å²) in [6.45, 7) is 1.99. The van der Waals surface area contributed by atoms with Crippen LogP contribution in [0.5, 0.6) is 0 Å². The maximum absolute atomic E-state index is 13.4. The second-order valence-electron chi connectivity index (χ2n) is 7.85. The average Bonchev–Trinajstić information content (AvgIpc) is 3.22. The Morgan fingerprint density at radius 2 is 1.91 bits per heavy atom. The number of ether oxygens (including phenoxy) is 1. The summed E-state index contributed by atoms with van der Waals surface area (Å²) in [4.78, 5) is 43.6. The fraction of sp³-hybridized carbons (Fsp3) is 0.304. The van der Waals surface area contributed by atoms with Crippen LogP contribution in [0.1, 0.15) is 33.0 Å². The van der Waals surface area contributed by atoms with Gasteiger partial charge in [0.15, 0.2) is 0 Å². The minimum atomic E-state index is -0.216. The van der Waals surface area contributed by atoms with Gasteiger partial charge in [0.1, 0.15) is 0 Å². The number of amides is 3. The molecule has 3 amide bonds. The van der Waals surface area contributed by atoms with Crippen LogP contribution in [-0.2, 0) is 16.0 Å². The Hall–Kier alpha value is -3.72. The van der Waals surface area contributed by atoms with Gasteiger partial charge in [-0.15, -0.1) is 0 Å². The second kappa shape index (κ2) is 8.08. The van der Waals surface area contributed by atoms with Crippen molar-refractivity contribution in [2.75, 3.05) is 38.7 Å². The molecule has 0 unspecified atom stereocenters. The van der Waals surface area contributed by atoms with Crippen LogP contribution in [0.15, 0.2) is 36.4 Å². The molecule has 164 valence electrons. The van der Waals surface area contributed by atoms with E-state index in [0.29, 0.717) is 50.2 Å². The van der Waals surface area contributed by atoms with Crippen molar-refractivity contribution >= 4 is 34.4 Å². The first-order valence-electron chi connectivity index (χ1n) is 10.6. The number of hydrogen-bond donors (Lipinski definition) is 2. The lowest BCUT2D eigenvalue weighted by Crippen LogP contribution is -2.41. The summed E-state index contributed by atoms with van der Waals surface area (Å²) in [5.41, 5.74) is 4.35. The zero-order valence-corrected chi connectivity index (χ0v) is 17.7. The molecule has 1 aromatic heterocycles. The largest absolute Gasteiger partial charge is 0.378 e. The highest BCUT2D eigenvalue weighted by atomic mass is 16.5. The van der Waals surface area contributed by atoms with Crippen molar-refractivity contribution in [1.82, 2.24) is 19.8 Å². The first kappa shape index (κ1) is 20.2. The number of morpholine rings is 1. The summed E-state index contributed by atoms with van der Waals surface area (Å²) >= 11 is 0. The molecule has 1 fully saturated rings. The van der Waals surface area contributed by atoms with Crippen molar-refractivity contribution in [3.05, 3.63) is 53.3 Å². The maximum atomic E-state index is 13.4. The highest BCUT2D eigenvalue weighted by Gasteiger charge is 2.26. The monoisotopic (exact) mass is 433 g/mol. The molecule has 2 aliphatic rings. The first-order valence-corrected chi connectivity index (χ1v) is 10.6. The molecule has 3 aromatic rings. The third-order valence-electron chi connectivity index (χ3n) is 5.88. The van der Waals surface area contributed by atoms with Gasteiger partial charge in [-0.1, -0.05) is 0 Å². The number of anilines is 1. The van der Waals surface area contributed by atoms with Crippen LogP contribution in [0.25, 0.3) is 16.7 Å². The van der Waals surface area contributed by atoms with Crippen molar-refractivity contribution in [3.8, 4) is 5.69 Å². The van der Waals surface area contributed by atoms with Gasteiger partial charge in [0.05, 0.1) is 24.2 Å². The normalized spacial score (nSPS) is 15.9. The van der Waals surface area contributed by atoms with E-state index < -0.39 is 0 Å². The Morgan fingerprint density at radius 1 is 1.09 bits per heavy atom. The van der Waals surface area contributed by atoms with Crippen LogP contribution in [0.3, 0.4) is 0 Å². The highest BCUT2D eigenvalue weighted by Crippen LogP contribution is 2.29. The molecule has 2 N–H and O–H groups in total. The van der Waals surface area contributed by atoms with E-state index in [1.54, 1.807) is 24.1 Å². The lowest BCUT2D eigenvalue weighted by Gasteiger charge is -2.26. The standard InChI is InChI=1S/C23H23N5O4/c1-24-22(30)15-2-6-19-18(13-15)26-21(23(31)27-8-10-32-11-9-27)28(19)16-4-5-17-14(12-16)3-7-20(29)25-17/h2,4-6,12-13H,3,7-11H2,1H3,(H,24,30)(H,25,29). The Labute approximate surface area is 184 Å². The Bertz CT molecular complexity index is 1240. The summed E-state index contributed by atoms with van der Waals surface area (Å²) in [7, 11) is 1.57. The summed E-state index contributed by atoms with van der Waals surface area (Å²) in [5, 5.41) is 5.50. The number of carbonyl (C=O) groups excluding carboxylic acids is 3. The van der Waals surface area contributed by atoms with E-state index >= 15 is 0 Å². The molecule has 5 rings (SSSR count). The number of nitrogens with one attached hydrogen (secondary N) is 2. The number of hydrogen-bond acceptors (Lipinski definition) is 5. The van der Waals surface area contributed by atoms with Gasteiger partial charge in [-0.05, 0) is 48.4 Å². The SMILES string of the molecule is CNC(=O)c1ccc2c(c1)nc(C(=O)N1CCOCC1)n2-c1ccc2c(c1)CCC(=O)N2.